The normalized spacial score (nSPS) is 19.0. The highest BCUT2D eigenvalue weighted by molar-refractivity contribution is 5.95. The molecule has 4 aromatic rings. The van der Waals surface area contributed by atoms with Gasteiger partial charge in [-0.2, -0.15) is 26.3 Å². The van der Waals surface area contributed by atoms with Crippen molar-refractivity contribution in [1.82, 2.24) is 25.3 Å². The van der Waals surface area contributed by atoms with Gasteiger partial charge in [-0.05, 0) is 61.4 Å². The summed E-state index contributed by atoms with van der Waals surface area (Å²) >= 11 is 0. The Hall–Kier alpha value is -4.93. The number of pyridine rings is 1. The van der Waals surface area contributed by atoms with Crippen LogP contribution in [0.1, 0.15) is 34.5 Å². The third kappa shape index (κ3) is 5.57. The van der Waals surface area contributed by atoms with E-state index in [9.17, 15) is 40.6 Å². The molecule has 2 N–H and O–H groups in total. The van der Waals surface area contributed by atoms with Gasteiger partial charge in [0.1, 0.15) is 18.1 Å². The third-order valence-electron chi connectivity index (χ3n) is 7.89. The zero-order chi connectivity index (χ0) is 33.8. The molecule has 2 aromatic heterocycles. The third-order valence-corrected chi connectivity index (χ3v) is 7.89. The molecule has 17 heteroatoms. The average molecular weight is 668 g/mol. The van der Waals surface area contributed by atoms with Crippen LogP contribution < -0.4 is 19.5 Å². The summed E-state index contributed by atoms with van der Waals surface area (Å²) in [6, 6.07) is 8.31. The number of hydrogen-bond acceptors (Lipinski definition) is 8. The molecule has 3 heterocycles. The van der Waals surface area contributed by atoms with Crippen molar-refractivity contribution in [2.24, 2.45) is 0 Å². The van der Waals surface area contributed by atoms with Gasteiger partial charge in [-0.1, -0.05) is 5.21 Å². The molecule has 47 heavy (non-hydrogen) atoms. The van der Waals surface area contributed by atoms with Crippen LogP contribution in [0.2, 0.25) is 0 Å². The summed E-state index contributed by atoms with van der Waals surface area (Å²) in [7, 11) is 1.31. The van der Waals surface area contributed by atoms with E-state index >= 15 is 0 Å². The summed E-state index contributed by atoms with van der Waals surface area (Å²) in [6.07, 6.45) is -7.37. The first-order chi connectivity index (χ1) is 22.2. The zero-order valence-electron chi connectivity index (χ0n) is 24.2. The lowest BCUT2D eigenvalue weighted by Gasteiger charge is -2.33. The Labute approximate surface area is 261 Å². The number of ether oxygens (including phenoxy) is 3. The maximum atomic E-state index is 14.9. The van der Waals surface area contributed by atoms with Gasteiger partial charge >= 0.3 is 12.4 Å². The number of rotatable bonds is 9. The second kappa shape index (κ2) is 11.4. The first-order valence-electron chi connectivity index (χ1n) is 14.0. The van der Waals surface area contributed by atoms with Crippen molar-refractivity contribution in [3.63, 3.8) is 0 Å². The van der Waals surface area contributed by atoms with Gasteiger partial charge < -0.3 is 24.6 Å². The topological polar surface area (TPSA) is 121 Å². The van der Waals surface area contributed by atoms with Crippen LogP contribution in [0, 0.1) is 5.82 Å². The predicted molar refractivity (Wildman–Crippen MR) is 147 cm³/mol. The summed E-state index contributed by atoms with van der Waals surface area (Å²) in [6.45, 7) is -2.73. The number of nitrogens with one attached hydrogen (secondary N) is 1. The minimum Gasteiger partial charge on any atom is -0.493 e. The summed E-state index contributed by atoms with van der Waals surface area (Å²) in [4.78, 5) is 16.9. The molecule has 2 atom stereocenters. The molecule has 1 amide bonds. The molecule has 2 aromatic carbocycles. The van der Waals surface area contributed by atoms with Crippen LogP contribution >= 0.6 is 0 Å². The Morgan fingerprint density at radius 2 is 1.81 bits per heavy atom. The number of benzene rings is 2. The van der Waals surface area contributed by atoms with Crippen molar-refractivity contribution in [3.8, 4) is 28.5 Å². The number of amides is 1. The molecule has 10 nitrogen and oxygen atoms in total. The van der Waals surface area contributed by atoms with Crippen molar-refractivity contribution >= 4 is 5.91 Å². The molecule has 0 spiro atoms. The monoisotopic (exact) mass is 667 g/mol. The summed E-state index contributed by atoms with van der Waals surface area (Å²) in [5.41, 5.74) is -10.2. The van der Waals surface area contributed by atoms with Crippen LogP contribution in [-0.4, -0.2) is 69.7 Å². The smallest absolute Gasteiger partial charge is 0.424 e. The van der Waals surface area contributed by atoms with Crippen molar-refractivity contribution in [3.05, 3.63) is 83.6 Å². The maximum Gasteiger partial charge on any atom is 0.424 e. The van der Waals surface area contributed by atoms with Gasteiger partial charge in [-0.25, -0.2) is 14.1 Å². The fourth-order valence-electron chi connectivity index (χ4n) is 5.14. The van der Waals surface area contributed by atoms with Gasteiger partial charge in [0.05, 0.1) is 31.6 Å². The molecule has 248 valence electrons. The van der Waals surface area contributed by atoms with E-state index < -0.39 is 71.1 Å². The Balaban J connectivity index is 1.45. The molecule has 0 saturated heterocycles. The summed E-state index contributed by atoms with van der Waals surface area (Å²) in [5.74, 6) is -1.93. The molecule has 2 aliphatic rings. The molecular weight excluding hydrogens is 643 g/mol. The van der Waals surface area contributed by atoms with E-state index in [1.54, 1.807) is 0 Å². The van der Waals surface area contributed by atoms with E-state index in [0.717, 1.165) is 49.5 Å². The lowest BCUT2D eigenvalue weighted by Crippen LogP contribution is -2.52. The number of carbonyl (C=O) groups is 1. The van der Waals surface area contributed by atoms with E-state index in [1.165, 1.54) is 25.3 Å². The Morgan fingerprint density at radius 1 is 1.09 bits per heavy atom. The SMILES string of the molecule is COc1cc(C(=O)NC[C@](O)(c2cc3c(c(-c4ccc(F)cc4)n2)OC[C@@]3(n2ccnn2)C(F)(F)F)C(F)(F)F)ccc1OC1CC1. The largest absolute Gasteiger partial charge is 0.493 e. The number of aromatic nitrogens is 4. The Bertz CT molecular complexity index is 1800. The van der Waals surface area contributed by atoms with Crippen molar-refractivity contribution in [1.29, 1.82) is 0 Å². The van der Waals surface area contributed by atoms with Gasteiger partial charge in [-0.15, -0.1) is 5.10 Å². The quantitative estimate of drug-likeness (QED) is 0.242. The van der Waals surface area contributed by atoms with Crippen molar-refractivity contribution in [2.75, 3.05) is 20.3 Å². The van der Waals surface area contributed by atoms with Crippen LogP contribution in [0.5, 0.6) is 17.2 Å². The van der Waals surface area contributed by atoms with Crippen molar-refractivity contribution in [2.45, 2.75) is 42.4 Å². The molecule has 0 unspecified atom stereocenters. The van der Waals surface area contributed by atoms with Crippen LogP contribution in [0.25, 0.3) is 11.3 Å². The molecule has 0 radical (unpaired) electrons. The summed E-state index contributed by atoms with van der Waals surface area (Å²) in [5, 5.41) is 20.1. The highest BCUT2D eigenvalue weighted by Crippen LogP contribution is 2.53. The average Bonchev–Trinajstić information content (AvgIpc) is 3.49. The van der Waals surface area contributed by atoms with Crippen LogP contribution in [0.3, 0.4) is 0 Å². The molecule has 1 aliphatic heterocycles. The molecule has 6 rings (SSSR count). The minimum atomic E-state index is -5.59. The number of hydrogen-bond donors (Lipinski definition) is 2. The second-order valence-corrected chi connectivity index (χ2v) is 11.0. The lowest BCUT2D eigenvalue weighted by molar-refractivity contribution is -0.265. The number of halogens is 7. The highest BCUT2D eigenvalue weighted by atomic mass is 19.4. The Morgan fingerprint density at radius 3 is 2.40 bits per heavy atom. The fraction of sp³-hybridized carbons (Fsp3) is 0.333. The molecule has 0 bridgehead atoms. The lowest BCUT2D eigenvalue weighted by atomic mass is 9.87. The van der Waals surface area contributed by atoms with Crippen LogP contribution in [-0.2, 0) is 11.1 Å². The minimum absolute atomic E-state index is 0.0176. The second-order valence-electron chi connectivity index (χ2n) is 11.0. The number of carbonyl (C=O) groups excluding carboxylic acids is 1. The van der Waals surface area contributed by atoms with Gasteiger partial charge in [0.2, 0.25) is 11.1 Å². The van der Waals surface area contributed by atoms with Gasteiger partial charge in [-0.3, -0.25) is 4.79 Å². The number of methoxy groups -OCH3 is 1. The first-order valence-corrected chi connectivity index (χ1v) is 14.0. The zero-order valence-corrected chi connectivity index (χ0v) is 24.2. The molecule has 1 aliphatic carbocycles. The molecule has 1 saturated carbocycles. The predicted octanol–water partition coefficient (Wildman–Crippen LogP) is 4.91. The maximum absolute atomic E-state index is 14.9. The van der Waals surface area contributed by atoms with E-state index in [2.05, 4.69) is 15.3 Å². The van der Waals surface area contributed by atoms with E-state index in [4.69, 9.17) is 14.2 Å². The summed E-state index contributed by atoms with van der Waals surface area (Å²) < 4.78 is 120. The van der Waals surface area contributed by atoms with Gasteiger partial charge in [0.15, 0.2) is 17.2 Å². The molecular formula is C30H24F7N5O5. The number of fused-ring (bicyclic) bond motifs is 1. The van der Waals surface area contributed by atoms with E-state index in [1.807, 2.05) is 5.32 Å². The number of aliphatic hydroxyl groups is 1. The highest BCUT2D eigenvalue weighted by Gasteiger charge is 2.65. The van der Waals surface area contributed by atoms with Crippen LogP contribution in [0.15, 0.2) is 60.9 Å². The Kier molecular flexibility index (Phi) is 7.77. The van der Waals surface area contributed by atoms with Crippen molar-refractivity contribution < 1.29 is 54.8 Å². The van der Waals surface area contributed by atoms with E-state index in [-0.39, 0.29) is 23.0 Å². The fourth-order valence-corrected chi connectivity index (χ4v) is 5.14. The van der Waals surface area contributed by atoms with Gasteiger partial charge in [0.25, 0.3) is 5.91 Å². The van der Waals surface area contributed by atoms with Gasteiger partial charge in [0, 0.05) is 22.9 Å². The number of nitrogens with zero attached hydrogens (tertiary/aromatic N) is 4. The van der Waals surface area contributed by atoms with E-state index in [0.29, 0.717) is 16.5 Å². The first kappa shape index (κ1) is 32.0. The molecule has 1 fully saturated rings. The van der Waals surface area contributed by atoms with Crippen LogP contribution in [0.4, 0.5) is 30.7 Å². The number of alkyl halides is 6. The standard InChI is InChI=1S/C30H24F7N5O5/c1-45-22-12-17(4-9-21(22)47-19-7-8-19)26(43)38-14-28(44,30(35,36)37)23-13-20-25(24(40-23)16-2-5-18(31)6-3-16)46-15-27(20,29(32,33)34)42-11-10-39-41-42/h2-6,9-13,19,44H,7-8,14-15H2,1H3,(H,38,43)/t27-,28-/m0/s1.